The molecule has 0 atom stereocenters. The standard InChI is InChI=1S/C11H10F3N3S/c12-11(13,14)6-16-7-1-2-9-8(5-7)17-4-3-15-10(17)18-9/h1-2,5,16H,3-4,6H2. The van der Waals surface area contributed by atoms with E-state index in [4.69, 9.17) is 0 Å². The van der Waals surface area contributed by atoms with Crippen LogP contribution in [0.2, 0.25) is 0 Å². The van der Waals surface area contributed by atoms with E-state index in [9.17, 15) is 13.2 Å². The Kier molecular flexibility index (Phi) is 2.65. The molecule has 96 valence electrons. The summed E-state index contributed by atoms with van der Waals surface area (Å²) in [4.78, 5) is 7.42. The zero-order valence-electron chi connectivity index (χ0n) is 9.29. The largest absolute Gasteiger partial charge is 0.405 e. The number of anilines is 2. The van der Waals surface area contributed by atoms with Crippen molar-refractivity contribution in [1.82, 2.24) is 0 Å². The van der Waals surface area contributed by atoms with Gasteiger partial charge in [0.1, 0.15) is 6.54 Å². The number of aliphatic imine (C=N–C) groups is 1. The number of nitrogens with one attached hydrogen (secondary N) is 1. The lowest BCUT2D eigenvalue weighted by molar-refractivity contribution is -0.115. The van der Waals surface area contributed by atoms with Gasteiger partial charge < -0.3 is 10.2 Å². The number of nitrogens with zero attached hydrogens (tertiary/aromatic N) is 2. The zero-order valence-corrected chi connectivity index (χ0v) is 10.1. The van der Waals surface area contributed by atoms with Crippen LogP contribution < -0.4 is 10.2 Å². The van der Waals surface area contributed by atoms with Crippen LogP contribution >= 0.6 is 11.8 Å². The fourth-order valence-corrected chi connectivity index (χ4v) is 3.02. The van der Waals surface area contributed by atoms with E-state index in [-0.39, 0.29) is 0 Å². The van der Waals surface area contributed by atoms with Gasteiger partial charge in [-0.2, -0.15) is 13.2 Å². The van der Waals surface area contributed by atoms with E-state index in [1.807, 2.05) is 11.0 Å². The van der Waals surface area contributed by atoms with Gasteiger partial charge in [-0.05, 0) is 30.0 Å². The highest BCUT2D eigenvalue weighted by Gasteiger charge is 2.30. The molecule has 3 rings (SSSR count). The minimum Gasteiger partial charge on any atom is -0.376 e. The molecule has 7 heteroatoms. The molecule has 2 heterocycles. The lowest BCUT2D eigenvalue weighted by Gasteiger charge is -2.14. The molecule has 0 fully saturated rings. The third-order valence-corrected chi connectivity index (χ3v) is 3.84. The molecule has 0 aliphatic carbocycles. The SMILES string of the molecule is FC(F)(F)CNc1ccc2c(c1)N1CCN=C1S2. The van der Waals surface area contributed by atoms with Crippen LogP contribution in [0.4, 0.5) is 24.5 Å². The third-order valence-electron chi connectivity index (χ3n) is 2.75. The summed E-state index contributed by atoms with van der Waals surface area (Å²) >= 11 is 1.57. The Bertz CT molecular complexity index is 513. The van der Waals surface area contributed by atoms with E-state index in [1.54, 1.807) is 23.9 Å². The Morgan fingerprint density at radius 3 is 3.00 bits per heavy atom. The maximum absolute atomic E-state index is 12.1. The Labute approximate surface area is 106 Å². The summed E-state index contributed by atoms with van der Waals surface area (Å²) in [7, 11) is 0. The van der Waals surface area contributed by atoms with Gasteiger partial charge in [-0.25, -0.2) is 0 Å². The van der Waals surface area contributed by atoms with Gasteiger partial charge in [-0.3, -0.25) is 4.99 Å². The van der Waals surface area contributed by atoms with Crippen LogP contribution in [0.25, 0.3) is 0 Å². The number of benzene rings is 1. The highest BCUT2D eigenvalue weighted by Crippen LogP contribution is 2.43. The van der Waals surface area contributed by atoms with Crippen LogP contribution in [0.1, 0.15) is 0 Å². The van der Waals surface area contributed by atoms with Crippen molar-refractivity contribution in [2.45, 2.75) is 11.1 Å². The van der Waals surface area contributed by atoms with Gasteiger partial charge in [-0.1, -0.05) is 0 Å². The highest BCUT2D eigenvalue weighted by atomic mass is 32.2. The summed E-state index contributed by atoms with van der Waals surface area (Å²) in [5.74, 6) is 0. The molecule has 0 aromatic heterocycles. The Morgan fingerprint density at radius 2 is 2.22 bits per heavy atom. The van der Waals surface area contributed by atoms with Crippen LogP contribution in [-0.2, 0) is 0 Å². The number of thioether (sulfide) groups is 1. The van der Waals surface area contributed by atoms with Crippen molar-refractivity contribution in [2.24, 2.45) is 4.99 Å². The monoisotopic (exact) mass is 273 g/mol. The van der Waals surface area contributed by atoms with E-state index in [1.165, 1.54) is 0 Å². The molecule has 0 amide bonds. The Hall–Kier alpha value is -1.37. The molecule has 3 nitrogen and oxygen atoms in total. The molecule has 0 bridgehead atoms. The number of hydrogen-bond acceptors (Lipinski definition) is 4. The maximum Gasteiger partial charge on any atom is 0.405 e. The molecule has 1 N–H and O–H groups in total. The van der Waals surface area contributed by atoms with E-state index in [0.717, 1.165) is 28.8 Å². The minimum atomic E-state index is -4.20. The van der Waals surface area contributed by atoms with Crippen LogP contribution in [-0.4, -0.2) is 31.0 Å². The number of halogens is 3. The van der Waals surface area contributed by atoms with E-state index < -0.39 is 12.7 Å². The summed E-state index contributed by atoms with van der Waals surface area (Å²) in [6.45, 7) is 0.542. The molecule has 18 heavy (non-hydrogen) atoms. The molecule has 0 radical (unpaired) electrons. The van der Waals surface area contributed by atoms with Gasteiger partial charge in [0, 0.05) is 17.1 Å². The molecule has 0 saturated carbocycles. The van der Waals surface area contributed by atoms with Gasteiger partial charge >= 0.3 is 6.18 Å². The Balaban J connectivity index is 1.80. The topological polar surface area (TPSA) is 27.6 Å². The first kappa shape index (κ1) is 11.7. The molecule has 2 aliphatic heterocycles. The number of hydrogen-bond donors (Lipinski definition) is 1. The predicted octanol–water partition coefficient (Wildman–Crippen LogP) is 2.94. The lowest BCUT2D eigenvalue weighted by Crippen LogP contribution is -2.22. The van der Waals surface area contributed by atoms with Crippen molar-refractivity contribution in [2.75, 3.05) is 29.9 Å². The number of rotatable bonds is 2. The summed E-state index contributed by atoms with van der Waals surface area (Å²) in [6, 6.07) is 5.25. The van der Waals surface area contributed by atoms with E-state index in [0.29, 0.717) is 5.69 Å². The fourth-order valence-electron chi connectivity index (χ4n) is 1.96. The molecular formula is C11H10F3N3S. The third kappa shape index (κ3) is 2.14. The number of alkyl halides is 3. The second kappa shape index (κ2) is 4.08. The minimum absolute atomic E-state index is 0.486. The summed E-state index contributed by atoms with van der Waals surface area (Å²) in [5, 5.41) is 3.34. The predicted molar refractivity (Wildman–Crippen MR) is 66.5 cm³/mol. The van der Waals surface area contributed by atoms with Crippen molar-refractivity contribution < 1.29 is 13.2 Å². The quantitative estimate of drug-likeness (QED) is 0.897. The second-order valence-electron chi connectivity index (χ2n) is 4.07. The van der Waals surface area contributed by atoms with Crippen molar-refractivity contribution in [3.8, 4) is 0 Å². The van der Waals surface area contributed by atoms with Crippen molar-refractivity contribution >= 4 is 28.3 Å². The molecule has 0 spiro atoms. The van der Waals surface area contributed by atoms with E-state index in [2.05, 4.69) is 10.3 Å². The fraction of sp³-hybridized carbons (Fsp3) is 0.364. The zero-order chi connectivity index (χ0) is 12.8. The van der Waals surface area contributed by atoms with Gasteiger partial charge in [-0.15, -0.1) is 0 Å². The summed E-state index contributed by atoms with van der Waals surface area (Å²) in [5.41, 5.74) is 1.43. The molecule has 0 saturated heterocycles. The van der Waals surface area contributed by atoms with Gasteiger partial charge in [0.05, 0.1) is 12.2 Å². The molecule has 0 unspecified atom stereocenters. The van der Waals surface area contributed by atoms with Crippen molar-refractivity contribution in [3.63, 3.8) is 0 Å². The second-order valence-corrected chi connectivity index (χ2v) is 5.08. The van der Waals surface area contributed by atoms with Crippen LogP contribution in [0.15, 0.2) is 28.1 Å². The van der Waals surface area contributed by atoms with Crippen LogP contribution in [0.5, 0.6) is 0 Å². The highest BCUT2D eigenvalue weighted by molar-refractivity contribution is 8.14. The first-order chi connectivity index (χ1) is 8.53. The maximum atomic E-state index is 12.1. The van der Waals surface area contributed by atoms with Gasteiger partial charge in [0.2, 0.25) is 0 Å². The van der Waals surface area contributed by atoms with Crippen molar-refractivity contribution in [1.29, 1.82) is 0 Å². The van der Waals surface area contributed by atoms with Crippen molar-refractivity contribution in [3.05, 3.63) is 18.2 Å². The average Bonchev–Trinajstić information content (AvgIpc) is 2.85. The normalized spacial score (nSPS) is 17.5. The van der Waals surface area contributed by atoms with E-state index >= 15 is 0 Å². The van der Waals surface area contributed by atoms with Gasteiger partial charge in [0.15, 0.2) is 5.17 Å². The summed E-state index contributed by atoms with van der Waals surface area (Å²) < 4.78 is 36.4. The first-order valence-electron chi connectivity index (χ1n) is 5.47. The van der Waals surface area contributed by atoms with Crippen LogP contribution in [0, 0.1) is 0 Å². The number of amidine groups is 1. The van der Waals surface area contributed by atoms with Gasteiger partial charge in [0.25, 0.3) is 0 Å². The first-order valence-corrected chi connectivity index (χ1v) is 6.29. The average molecular weight is 273 g/mol. The number of fused-ring (bicyclic) bond motifs is 3. The Morgan fingerprint density at radius 1 is 1.39 bits per heavy atom. The molecule has 1 aromatic rings. The van der Waals surface area contributed by atoms with Crippen LogP contribution in [0.3, 0.4) is 0 Å². The molecule has 1 aromatic carbocycles. The molecule has 2 aliphatic rings. The lowest BCUT2D eigenvalue weighted by atomic mass is 10.2. The molecular weight excluding hydrogens is 263 g/mol. The summed E-state index contributed by atoms with van der Waals surface area (Å²) in [6.07, 6.45) is -4.20. The smallest absolute Gasteiger partial charge is 0.376 e.